The average molecular weight is 388 g/mol. The number of sulfonamides is 1. The van der Waals surface area contributed by atoms with E-state index in [0.717, 1.165) is 19.4 Å². The van der Waals surface area contributed by atoms with E-state index in [1.807, 2.05) is 0 Å². The number of rotatable bonds is 4. The van der Waals surface area contributed by atoms with Crippen LogP contribution in [0.15, 0.2) is 21.5 Å². The number of hydrogen-bond acceptors (Lipinski definition) is 3. The number of halogens is 3. The van der Waals surface area contributed by atoms with Gasteiger partial charge in [0.05, 0.1) is 10.0 Å². The van der Waals surface area contributed by atoms with Gasteiger partial charge in [0.25, 0.3) is 0 Å². The van der Waals surface area contributed by atoms with Crippen LogP contribution >= 0.6 is 39.1 Å². The van der Waals surface area contributed by atoms with Crippen LogP contribution in [0.3, 0.4) is 0 Å². The largest absolute Gasteiger partial charge is 0.313 e. The summed E-state index contributed by atoms with van der Waals surface area (Å²) in [6, 6.07) is 3.18. The Morgan fingerprint density at radius 3 is 2.74 bits per heavy atom. The number of benzene rings is 1. The average Bonchev–Trinajstić information content (AvgIpc) is 2.86. The molecule has 19 heavy (non-hydrogen) atoms. The van der Waals surface area contributed by atoms with Gasteiger partial charge in [-0.15, -0.1) is 0 Å². The van der Waals surface area contributed by atoms with Crippen molar-refractivity contribution in [2.24, 2.45) is 0 Å². The van der Waals surface area contributed by atoms with E-state index >= 15 is 0 Å². The second-order valence-electron chi connectivity index (χ2n) is 4.32. The van der Waals surface area contributed by atoms with Crippen molar-refractivity contribution in [1.29, 1.82) is 0 Å². The van der Waals surface area contributed by atoms with E-state index in [0.29, 0.717) is 11.0 Å². The minimum absolute atomic E-state index is 0.000337. The third-order valence-electron chi connectivity index (χ3n) is 2.97. The summed E-state index contributed by atoms with van der Waals surface area (Å²) in [6.45, 7) is 1.28. The van der Waals surface area contributed by atoms with Crippen LogP contribution in [0.25, 0.3) is 0 Å². The molecular weight excluding hydrogens is 375 g/mol. The molecule has 0 bridgehead atoms. The zero-order chi connectivity index (χ0) is 14.0. The fourth-order valence-corrected chi connectivity index (χ4v) is 4.23. The number of nitrogens with one attached hydrogen (secondary N) is 2. The van der Waals surface area contributed by atoms with Gasteiger partial charge in [0, 0.05) is 17.1 Å². The Balaban J connectivity index is 2.17. The molecule has 0 radical (unpaired) electrons. The van der Waals surface area contributed by atoms with Gasteiger partial charge in [0.2, 0.25) is 10.0 Å². The molecule has 2 N–H and O–H groups in total. The standard InChI is InChI=1S/C11H13BrCl2N2O2S/c12-8-3-4-9(11(14)10(8)13)19(17,18)16-6-7-2-1-5-15-7/h3-4,7,15-16H,1-2,5-6H2. The van der Waals surface area contributed by atoms with Gasteiger partial charge in [-0.2, -0.15) is 0 Å². The topological polar surface area (TPSA) is 58.2 Å². The van der Waals surface area contributed by atoms with E-state index in [9.17, 15) is 8.42 Å². The number of hydrogen-bond donors (Lipinski definition) is 2. The lowest BCUT2D eigenvalue weighted by atomic mass is 10.2. The van der Waals surface area contributed by atoms with Gasteiger partial charge in [0.1, 0.15) is 4.90 Å². The predicted molar refractivity (Wildman–Crippen MR) is 80.4 cm³/mol. The molecule has 0 amide bonds. The van der Waals surface area contributed by atoms with Crippen molar-refractivity contribution in [2.75, 3.05) is 13.1 Å². The first-order valence-electron chi connectivity index (χ1n) is 5.78. The van der Waals surface area contributed by atoms with Crippen LogP contribution in [0.4, 0.5) is 0 Å². The van der Waals surface area contributed by atoms with Crippen LogP contribution < -0.4 is 10.0 Å². The quantitative estimate of drug-likeness (QED) is 0.781. The van der Waals surface area contributed by atoms with Crippen LogP contribution in [0, 0.1) is 0 Å². The van der Waals surface area contributed by atoms with E-state index in [-0.39, 0.29) is 21.0 Å². The Morgan fingerprint density at radius 2 is 2.11 bits per heavy atom. The van der Waals surface area contributed by atoms with Crippen molar-refractivity contribution < 1.29 is 8.42 Å². The summed E-state index contributed by atoms with van der Waals surface area (Å²) in [5.41, 5.74) is 0. The molecule has 1 heterocycles. The molecular formula is C11H13BrCl2N2O2S. The maximum atomic E-state index is 12.2. The summed E-state index contributed by atoms with van der Waals surface area (Å²) in [7, 11) is -3.64. The zero-order valence-electron chi connectivity index (χ0n) is 9.92. The molecule has 1 unspecified atom stereocenters. The molecule has 0 aromatic heterocycles. The lowest BCUT2D eigenvalue weighted by molar-refractivity contribution is 0.552. The van der Waals surface area contributed by atoms with Crippen molar-refractivity contribution in [1.82, 2.24) is 10.0 Å². The molecule has 0 spiro atoms. The molecule has 1 saturated heterocycles. The highest BCUT2D eigenvalue weighted by molar-refractivity contribution is 9.10. The van der Waals surface area contributed by atoms with E-state index < -0.39 is 10.0 Å². The Kier molecular flexibility index (Phi) is 5.14. The third-order valence-corrected chi connectivity index (χ3v) is 6.32. The maximum Gasteiger partial charge on any atom is 0.242 e. The van der Waals surface area contributed by atoms with Gasteiger partial charge in [-0.25, -0.2) is 13.1 Å². The van der Waals surface area contributed by atoms with Crippen LogP contribution in [-0.2, 0) is 10.0 Å². The monoisotopic (exact) mass is 386 g/mol. The summed E-state index contributed by atoms with van der Waals surface area (Å²) in [5.74, 6) is 0. The van der Waals surface area contributed by atoms with Crippen LogP contribution in [0.2, 0.25) is 10.0 Å². The molecule has 0 aliphatic carbocycles. The normalized spacial score (nSPS) is 19.8. The van der Waals surface area contributed by atoms with Gasteiger partial charge in [-0.05, 0) is 47.4 Å². The highest BCUT2D eigenvalue weighted by Crippen LogP contribution is 2.34. The van der Waals surface area contributed by atoms with Gasteiger partial charge in [-0.1, -0.05) is 23.2 Å². The van der Waals surface area contributed by atoms with Crippen molar-refractivity contribution in [2.45, 2.75) is 23.8 Å². The minimum atomic E-state index is -3.64. The molecule has 0 saturated carbocycles. The fourth-order valence-electron chi connectivity index (χ4n) is 1.93. The van der Waals surface area contributed by atoms with Gasteiger partial charge >= 0.3 is 0 Å². The Bertz CT molecular complexity index is 574. The summed E-state index contributed by atoms with van der Waals surface area (Å²) in [4.78, 5) is 0.000337. The molecule has 1 fully saturated rings. The second kappa shape index (κ2) is 6.28. The first-order valence-corrected chi connectivity index (χ1v) is 8.81. The van der Waals surface area contributed by atoms with Gasteiger partial charge < -0.3 is 5.32 Å². The SMILES string of the molecule is O=S(=O)(NCC1CCCN1)c1ccc(Br)c(Cl)c1Cl. The molecule has 1 aliphatic heterocycles. The van der Waals surface area contributed by atoms with Crippen molar-refractivity contribution in [3.05, 3.63) is 26.7 Å². The summed E-state index contributed by atoms with van der Waals surface area (Å²) >= 11 is 15.1. The van der Waals surface area contributed by atoms with Gasteiger partial charge in [0.15, 0.2) is 0 Å². The highest BCUT2D eigenvalue weighted by Gasteiger charge is 2.23. The molecule has 1 aliphatic rings. The zero-order valence-corrected chi connectivity index (χ0v) is 13.8. The summed E-state index contributed by atoms with van der Waals surface area (Å²) in [5, 5.41) is 3.45. The first-order chi connectivity index (χ1) is 8.92. The fraction of sp³-hybridized carbons (Fsp3) is 0.455. The summed E-state index contributed by atoms with van der Waals surface area (Å²) in [6.07, 6.45) is 2.04. The third kappa shape index (κ3) is 3.62. The van der Waals surface area contributed by atoms with Crippen molar-refractivity contribution in [3.63, 3.8) is 0 Å². The maximum absolute atomic E-state index is 12.2. The van der Waals surface area contributed by atoms with Crippen LogP contribution in [0.5, 0.6) is 0 Å². The molecule has 8 heteroatoms. The smallest absolute Gasteiger partial charge is 0.242 e. The first kappa shape index (κ1) is 15.5. The van der Waals surface area contributed by atoms with Crippen LogP contribution in [0.1, 0.15) is 12.8 Å². The Labute approximate surface area is 131 Å². The highest BCUT2D eigenvalue weighted by atomic mass is 79.9. The second-order valence-corrected chi connectivity index (χ2v) is 7.66. The van der Waals surface area contributed by atoms with E-state index in [4.69, 9.17) is 23.2 Å². The lowest BCUT2D eigenvalue weighted by Crippen LogP contribution is -2.37. The molecule has 106 valence electrons. The lowest BCUT2D eigenvalue weighted by Gasteiger charge is -2.13. The molecule has 4 nitrogen and oxygen atoms in total. The summed E-state index contributed by atoms with van der Waals surface area (Å²) < 4.78 is 27.5. The molecule has 1 aromatic rings. The molecule has 2 rings (SSSR count). The van der Waals surface area contributed by atoms with Crippen molar-refractivity contribution >= 4 is 49.2 Å². The molecule has 1 atom stereocenters. The predicted octanol–water partition coefficient (Wildman–Crippen LogP) is 2.79. The Morgan fingerprint density at radius 1 is 1.37 bits per heavy atom. The van der Waals surface area contributed by atoms with E-state index in [1.54, 1.807) is 6.07 Å². The Hall–Kier alpha value is 0.150. The molecule has 1 aromatic carbocycles. The minimum Gasteiger partial charge on any atom is -0.313 e. The van der Waals surface area contributed by atoms with Crippen LogP contribution in [-0.4, -0.2) is 27.5 Å². The van der Waals surface area contributed by atoms with E-state index in [2.05, 4.69) is 26.0 Å². The van der Waals surface area contributed by atoms with E-state index in [1.165, 1.54) is 6.07 Å². The van der Waals surface area contributed by atoms with Gasteiger partial charge in [-0.3, -0.25) is 0 Å². The van der Waals surface area contributed by atoms with Crippen molar-refractivity contribution in [3.8, 4) is 0 Å².